The molecule has 0 aliphatic heterocycles. The molecular formula is C51H37NO. The number of fused-ring (bicyclic) bond motifs is 6. The van der Waals surface area contributed by atoms with Crippen LogP contribution in [0.15, 0.2) is 192 Å². The molecule has 2 nitrogen and oxygen atoms in total. The molecule has 252 valence electrons. The van der Waals surface area contributed by atoms with Gasteiger partial charge in [0.2, 0.25) is 0 Å². The molecule has 1 aliphatic rings. The fourth-order valence-corrected chi connectivity index (χ4v) is 8.26. The third-order valence-electron chi connectivity index (χ3n) is 11.1. The zero-order valence-corrected chi connectivity index (χ0v) is 29.8. The molecule has 53 heavy (non-hydrogen) atoms. The van der Waals surface area contributed by atoms with Crippen LogP contribution in [-0.2, 0) is 5.41 Å². The first-order valence-corrected chi connectivity index (χ1v) is 18.3. The van der Waals surface area contributed by atoms with Crippen LogP contribution in [0.2, 0.25) is 0 Å². The van der Waals surface area contributed by atoms with E-state index in [9.17, 15) is 0 Å². The second-order valence-electron chi connectivity index (χ2n) is 14.6. The Labute approximate surface area is 310 Å². The molecule has 8 aromatic carbocycles. The zero-order valence-electron chi connectivity index (χ0n) is 29.8. The summed E-state index contributed by atoms with van der Waals surface area (Å²) < 4.78 is 6.11. The van der Waals surface area contributed by atoms with Crippen LogP contribution in [0.5, 0.6) is 0 Å². The maximum atomic E-state index is 6.11. The summed E-state index contributed by atoms with van der Waals surface area (Å²) in [5, 5.41) is 2.28. The minimum atomic E-state index is -0.159. The van der Waals surface area contributed by atoms with Crippen LogP contribution in [-0.4, -0.2) is 0 Å². The van der Waals surface area contributed by atoms with Crippen LogP contribution in [0.4, 0.5) is 17.1 Å². The Hall–Kier alpha value is -6.64. The highest BCUT2D eigenvalue weighted by Gasteiger charge is 2.36. The van der Waals surface area contributed by atoms with E-state index in [-0.39, 0.29) is 5.41 Å². The molecule has 0 unspecified atom stereocenters. The van der Waals surface area contributed by atoms with E-state index in [1.165, 1.54) is 55.6 Å². The number of benzene rings is 8. The van der Waals surface area contributed by atoms with Crippen molar-refractivity contribution in [2.75, 3.05) is 4.90 Å². The van der Waals surface area contributed by atoms with E-state index in [4.69, 9.17) is 4.42 Å². The van der Waals surface area contributed by atoms with Gasteiger partial charge in [0.05, 0.1) is 0 Å². The molecule has 10 rings (SSSR count). The average molecular weight is 680 g/mol. The Morgan fingerprint density at radius 3 is 1.49 bits per heavy atom. The molecule has 0 radical (unpaired) electrons. The van der Waals surface area contributed by atoms with E-state index in [2.05, 4.69) is 195 Å². The van der Waals surface area contributed by atoms with Gasteiger partial charge in [0, 0.05) is 33.2 Å². The molecule has 0 saturated carbocycles. The van der Waals surface area contributed by atoms with E-state index < -0.39 is 0 Å². The van der Waals surface area contributed by atoms with Crippen LogP contribution in [0, 0.1) is 0 Å². The van der Waals surface area contributed by atoms with Crippen molar-refractivity contribution in [3.8, 4) is 44.5 Å². The van der Waals surface area contributed by atoms with Crippen LogP contribution in [0.25, 0.3) is 66.4 Å². The molecule has 0 N–H and O–H groups in total. The molecule has 1 aromatic heterocycles. The molecule has 0 amide bonds. The van der Waals surface area contributed by atoms with Gasteiger partial charge < -0.3 is 9.32 Å². The Balaban J connectivity index is 1.06. The fourth-order valence-electron chi connectivity index (χ4n) is 8.26. The standard InChI is InChI=1S/C51H37NO/c1-51(2)47-32-39(35-13-7-4-8-14-35)21-28-43(47)44-29-27-42(33-48(44)51)52(40-23-17-36(18-24-40)34-11-5-3-6-12-34)41-25-19-37(20-26-41)38-22-30-50-46(31-38)45-15-9-10-16-49(45)53-50/h3-33H,1-2H3. The molecule has 0 spiro atoms. The average Bonchev–Trinajstić information content (AvgIpc) is 3.70. The Morgan fingerprint density at radius 2 is 0.811 bits per heavy atom. The maximum Gasteiger partial charge on any atom is 0.135 e. The first-order valence-electron chi connectivity index (χ1n) is 18.3. The summed E-state index contributed by atoms with van der Waals surface area (Å²) in [4.78, 5) is 2.39. The van der Waals surface area contributed by atoms with Crippen LogP contribution < -0.4 is 4.90 Å². The summed E-state index contributed by atoms with van der Waals surface area (Å²) in [7, 11) is 0. The fraction of sp³-hybridized carbons (Fsp3) is 0.0588. The monoisotopic (exact) mass is 679 g/mol. The van der Waals surface area contributed by atoms with Crippen molar-refractivity contribution in [1.29, 1.82) is 0 Å². The van der Waals surface area contributed by atoms with Gasteiger partial charge in [0.15, 0.2) is 0 Å². The van der Waals surface area contributed by atoms with E-state index in [0.29, 0.717) is 0 Å². The second-order valence-corrected chi connectivity index (χ2v) is 14.6. The Kier molecular flexibility index (Phi) is 7.19. The predicted molar refractivity (Wildman–Crippen MR) is 222 cm³/mol. The van der Waals surface area contributed by atoms with Gasteiger partial charge in [-0.15, -0.1) is 0 Å². The number of furan rings is 1. The van der Waals surface area contributed by atoms with Gasteiger partial charge in [0.1, 0.15) is 11.2 Å². The van der Waals surface area contributed by atoms with Crippen LogP contribution in [0.1, 0.15) is 25.0 Å². The van der Waals surface area contributed by atoms with Gasteiger partial charge >= 0.3 is 0 Å². The minimum Gasteiger partial charge on any atom is -0.456 e. The number of para-hydroxylation sites is 1. The lowest BCUT2D eigenvalue weighted by molar-refractivity contribution is 0.660. The number of anilines is 3. The lowest BCUT2D eigenvalue weighted by Gasteiger charge is -2.28. The number of hydrogen-bond acceptors (Lipinski definition) is 2. The SMILES string of the molecule is CC1(C)c2cc(-c3ccccc3)ccc2-c2ccc(N(c3ccc(-c4ccccc4)cc3)c3ccc(-c4ccc5oc6ccccc6c5c4)cc3)cc21. The quantitative estimate of drug-likeness (QED) is 0.174. The topological polar surface area (TPSA) is 16.4 Å². The highest BCUT2D eigenvalue weighted by molar-refractivity contribution is 6.06. The molecule has 1 heterocycles. The van der Waals surface area contributed by atoms with Gasteiger partial charge in [-0.25, -0.2) is 0 Å². The largest absolute Gasteiger partial charge is 0.456 e. The Bertz CT molecular complexity index is 2780. The smallest absolute Gasteiger partial charge is 0.135 e. The van der Waals surface area contributed by atoms with E-state index >= 15 is 0 Å². The predicted octanol–water partition coefficient (Wildman–Crippen LogP) is 14.4. The van der Waals surface area contributed by atoms with Crippen LogP contribution in [0.3, 0.4) is 0 Å². The Morgan fingerprint density at radius 1 is 0.358 bits per heavy atom. The van der Waals surface area contributed by atoms with Crippen molar-refractivity contribution in [1.82, 2.24) is 0 Å². The van der Waals surface area contributed by atoms with Crippen LogP contribution >= 0.6 is 0 Å². The minimum absolute atomic E-state index is 0.159. The summed E-state index contributed by atoms with van der Waals surface area (Å²) >= 11 is 0. The summed E-state index contributed by atoms with van der Waals surface area (Å²) in [5.41, 5.74) is 17.6. The van der Waals surface area contributed by atoms with Crippen molar-refractivity contribution in [2.45, 2.75) is 19.3 Å². The zero-order chi connectivity index (χ0) is 35.5. The third kappa shape index (κ3) is 5.26. The van der Waals surface area contributed by atoms with Gasteiger partial charge in [0.25, 0.3) is 0 Å². The van der Waals surface area contributed by atoms with Gasteiger partial charge in [-0.2, -0.15) is 0 Å². The molecule has 1 aliphatic carbocycles. The second kappa shape index (κ2) is 12.3. The van der Waals surface area contributed by atoms with Crippen molar-refractivity contribution in [2.24, 2.45) is 0 Å². The lowest BCUT2D eigenvalue weighted by atomic mass is 9.81. The molecule has 0 saturated heterocycles. The van der Waals surface area contributed by atoms with E-state index in [0.717, 1.165) is 39.0 Å². The normalized spacial score (nSPS) is 12.9. The number of hydrogen-bond donors (Lipinski definition) is 0. The first kappa shape index (κ1) is 31.1. The van der Waals surface area contributed by atoms with Gasteiger partial charge in [-0.1, -0.05) is 141 Å². The summed E-state index contributed by atoms with van der Waals surface area (Å²) in [6, 6.07) is 67.9. The summed E-state index contributed by atoms with van der Waals surface area (Å²) in [6.45, 7) is 4.73. The van der Waals surface area contributed by atoms with Gasteiger partial charge in [-0.05, 0) is 116 Å². The highest BCUT2D eigenvalue weighted by atomic mass is 16.3. The molecular weight excluding hydrogens is 643 g/mol. The maximum absolute atomic E-state index is 6.11. The molecule has 0 bridgehead atoms. The molecule has 0 atom stereocenters. The van der Waals surface area contributed by atoms with Crippen molar-refractivity contribution < 1.29 is 4.42 Å². The summed E-state index contributed by atoms with van der Waals surface area (Å²) in [6.07, 6.45) is 0. The third-order valence-corrected chi connectivity index (χ3v) is 11.1. The van der Waals surface area contributed by atoms with E-state index in [1.54, 1.807) is 0 Å². The van der Waals surface area contributed by atoms with Crippen molar-refractivity contribution in [3.05, 3.63) is 199 Å². The highest BCUT2D eigenvalue weighted by Crippen LogP contribution is 2.51. The molecule has 9 aromatic rings. The van der Waals surface area contributed by atoms with Gasteiger partial charge in [-0.3, -0.25) is 0 Å². The number of rotatable bonds is 6. The molecule has 0 fully saturated rings. The lowest BCUT2D eigenvalue weighted by Crippen LogP contribution is -2.16. The summed E-state index contributed by atoms with van der Waals surface area (Å²) in [5.74, 6) is 0. The van der Waals surface area contributed by atoms with Crippen molar-refractivity contribution in [3.63, 3.8) is 0 Å². The first-order chi connectivity index (χ1) is 26.0. The molecule has 2 heteroatoms. The van der Waals surface area contributed by atoms with E-state index in [1.807, 2.05) is 12.1 Å². The number of nitrogens with zero attached hydrogens (tertiary/aromatic N) is 1. The van der Waals surface area contributed by atoms with Crippen molar-refractivity contribution >= 4 is 39.0 Å².